The number of carbonyl (C=O) groups is 1. The number of amides is 1. The number of anilines is 1. The lowest BCUT2D eigenvalue weighted by Gasteiger charge is -2.30. The Morgan fingerprint density at radius 3 is 2.57 bits per heavy atom. The molecule has 1 aliphatic carbocycles. The van der Waals surface area contributed by atoms with E-state index in [9.17, 15) is 4.79 Å². The SMILES string of the molecule is Cc1ccc(C(=O)NC2CCC(Nc3ccnc4cc(Cl)ccc34)CC2)cn1. The van der Waals surface area contributed by atoms with Crippen molar-refractivity contribution in [3.8, 4) is 0 Å². The van der Waals surface area contributed by atoms with Crippen LogP contribution in [0, 0.1) is 6.92 Å². The van der Waals surface area contributed by atoms with Gasteiger partial charge in [-0.25, -0.2) is 0 Å². The summed E-state index contributed by atoms with van der Waals surface area (Å²) < 4.78 is 0. The van der Waals surface area contributed by atoms with E-state index in [4.69, 9.17) is 11.6 Å². The molecule has 1 aliphatic rings. The molecule has 2 heterocycles. The molecule has 2 N–H and O–H groups in total. The Morgan fingerprint density at radius 2 is 1.82 bits per heavy atom. The zero-order valence-electron chi connectivity index (χ0n) is 15.8. The van der Waals surface area contributed by atoms with Crippen molar-refractivity contribution in [2.24, 2.45) is 0 Å². The average Bonchev–Trinajstić information content (AvgIpc) is 2.70. The van der Waals surface area contributed by atoms with Crippen LogP contribution in [0.15, 0.2) is 48.8 Å². The Balaban J connectivity index is 1.34. The summed E-state index contributed by atoms with van der Waals surface area (Å²) in [6.07, 6.45) is 7.37. The molecule has 4 rings (SSSR count). The highest BCUT2D eigenvalue weighted by atomic mass is 35.5. The Hall–Kier alpha value is -2.66. The maximum atomic E-state index is 12.4. The fourth-order valence-electron chi connectivity index (χ4n) is 3.72. The molecule has 3 aromatic rings. The van der Waals surface area contributed by atoms with E-state index in [1.54, 1.807) is 6.20 Å². The van der Waals surface area contributed by atoms with Gasteiger partial charge in [-0.15, -0.1) is 0 Å². The zero-order chi connectivity index (χ0) is 19.5. The molecule has 6 heteroatoms. The van der Waals surface area contributed by atoms with Gasteiger partial charge in [0, 0.05) is 46.3 Å². The molecule has 0 bridgehead atoms. The Bertz CT molecular complexity index is 981. The van der Waals surface area contributed by atoms with Gasteiger partial charge in [0.15, 0.2) is 0 Å². The van der Waals surface area contributed by atoms with Crippen LogP contribution in [-0.4, -0.2) is 28.0 Å². The van der Waals surface area contributed by atoms with Crippen molar-refractivity contribution >= 4 is 34.1 Å². The number of pyridine rings is 2. The molecule has 0 unspecified atom stereocenters. The summed E-state index contributed by atoms with van der Waals surface area (Å²) in [4.78, 5) is 21.0. The van der Waals surface area contributed by atoms with Crippen molar-refractivity contribution in [2.45, 2.75) is 44.7 Å². The molecule has 1 saturated carbocycles. The number of halogens is 1. The van der Waals surface area contributed by atoms with Gasteiger partial charge in [0.1, 0.15) is 0 Å². The molecule has 5 nitrogen and oxygen atoms in total. The van der Waals surface area contributed by atoms with Crippen LogP contribution in [0.2, 0.25) is 5.02 Å². The van der Waals surface area contributed by atoms with Gasteiger partial charge in [0.25, 0.3) is 5.91 Å². The molecule has 0 spiro atoms. The maximum Gasteiger partial charge on any atom is 0.253 e. The normalized spacial score (nSPS) is 19.4. The second-order valence-corrected chi connectivity index (χ2v) is 7.81. The summed E-state index contributed by atoms with van der Waals surface area (Å²) in [5, 5.41) is 8.56. The van der Waals surface area contributed by atoms with Gasteiger partial charge in [-0.05, 0) is 69.0 Å². The number of benzene rings is 1. The summed E-state index contributed by atoms with van der Waals surface area (Å²) in [5.74, 6) is -0.0408. The fraction of sp³-hybridized carbons (Fsp3) is 0.318. The fourth-order valence-corrected chi connectivity index (χ4v) is 3.89. The highest BCUT2D eigenvalue weighted by molar-refractivity contribution is 6.31. The molecular formula is C22H23ClN4O. The van der Waals surface area contributed by atoms with Crippen LogP contribution < -0.4 is 10.6 Å². The number of hydrogen-bond donors (Lipinski definition) is 2. The lowest BCUT2D eigenvalue weighted by Crippen LogP contribution is -2.40. The Morgan fingerprint density at radius 1 is 1.04 bits per heavy atom. The molecule has 0 radical (unpaired) electrons. The van der Waals surface area contributed by atoms with Crippen molar-refractivity contribution in [3.63, 3.8) is 0 Å². The van der Waals surface area contributed by atoms with Crippen molar-refractivity contribution in [1.29, 1.82) is 0 Å². The van der Waals surface area contributed by atoms with Crippen LogP contribution in [0.5, 0.6) is 0 Å². The van der Waals surface area contributed by atoms with Gasteiger partial charge in [-0.3, -0.25) is 14.8 Å². The van der Waals surface area contributed by atoms with Crippen LogP contribution >= 0.6 is 11.6 Å². The first kappa shape index (κ1) is 18.7. The minimum absolute atomic E-state index is 0.0408. The van der Waals surface area contributed by atoms with E-state index < -0.39 is 0 Å². The van der Waals surface area contributed by atoms with E-state index in [0.29, 0.717) is 16.6 Å². The minimum atomic E-state index is -0.0408. The quantitative estimate of drug-likeness (QED) is 0.670. The number of nitrogens with zero attached hydrogens (tertiary/aromatic N) is 2. The molecule has 0 aliphatic heterocycles. The summed E-state index contributed by atoms with van der Waals surface area (Å²) in [5.41, 5.74) is 3.51. The summed E-state index contributed by atoms with van der Waals surface area (Å²) in [7, 11) is 0. The molecule has 144 valence electrons. The van der Waals surface area contributed by atoms with E-state index in [-0.39, 0.29) is 11.9 Å². The molecular weight excluding hydrogens is 372 g/mol. The first-order valence-corrected chi connectivity index (χ1v) is 10.0. The molecule has 0 saturated heterocycles. The topological polar surface area (TPSA) is 66.9 Å². The first-order chi connectivity index (χ1) is 13.6. The third kappa shape index (κ3) is 4.25. The number of hydrogen-bond acceptors (Lipinski definition) is 4. The van der Waals surface area contributed by atoms with Crippen molar-refractivity contribution in [3.05, 3.63) is 65.1 Å². The Labute approximate surface area is 169 Å². The smallest absolute Gasteiger partial charge is 0.253 e. The van der Waals surface area contributed by atoms with E-state index in [2.05, 4.69) is 20.6 Å². The van der Waals surface area contributed by atoms with Gasteiger partial charge in [0.2, 0.25) is 0 Å². The number of fused-ring (bicyclic) bond motifs is 1. The minimum Gasteiger partial charge on any atom is -0.382 e. The van der Waals surface area contributed by atoms with Crippen LogP contribution in [0.25, 0.3) is 10.9 Å². The second kappa shape index (κ2) is 8.15. The van der Waals surface area contributed by atoms with Crippen molar-refractivity contribution < 1.29 is 4.79 Å². The summed E-state index contributed by atoms with van der Waals surface area (Å²) >= 11 is 6.07. The first-order valence-electron chi connectivity index (χ1n) is 9.63. The summed E-state index contributed by atoms with van der Waals surface area (Å²) in [6, 6.07) is 12.1. The average molecular weight is 395 g/mol. The largest absolute Gasteiger partial charge is 0.382 e. The van der Waals surface area contributed by atoms with E-state index >= 15 is 0 Å². The van der Waals surface area contributed by atoms with Crippen LogP contribution in [-0.2, 0) is 0 Å². The number of aromatic nitrogens is 2. The predicted octanol–water partition coefficient (Wildman–Crippen LogP) is 4.74. The van der Waals surface area contributed by atoms with E-state index in [0.717, 1.165) is 48.0 Å². The molecule has 28 heavy (non-hydrogen) atoms. The second-order valence-electron chi connectivity index (χ2n) is 7.37. The molecule has 0 atom stereocenters. The highest BCUT2D eigenvalue weighted by Crippen LogP contribution is 2.28. The van der Waals surface area contributed by atoms with Gasteiger partial charge >= 0.3 is 0 Å². The summed E-state index contributed by atoms with van der Waals surface area (Å²) in [6.45, 7) is 1.91. The van der Waals surface area contributed by atoms with Crippen LogP contribution in [0.1, 0.15) is 41.7 Å². The molecule has 1 fully saturated rings. The number of nitrogens with one attached hydrogen (secondary N) is 2. The van der Waals surface area contributed by atoms with Gasteiger partial charge in [0.05, 0.1) is 11.1 Å². The van der Waals surface area contributed by atoms with E-state index in [1.807, 2.05) is 49.5 Å². The van der Waals surface area contributed by atoms with Crippen molar-refractivity contribution in [2.75, 3.05) is 5.32 Å². The third-order valence-electron chi connectivity index (χ3n) is 5.30. The third-order valence-corrected chi connectivity index (χ3v) is 5.54. The van der Waals surface area contributed by atoms with Crippen LogP contribution in [0.3, 0.4) is 0 Å². The number of rotatable bonds is 4. The monoisotopic (exact) mass is 394 g/mol. The predicted molar refractivity (Wildman–Crippen MR) is 113 cm³/mol. The van der Waals surface area contributed by atoms with Gasteiger partial charge in [-0.1, -0.05) is 11.6 Å². The molecule has 1 amide bonds. The van der Waals surface area contributed by atoms with E-state index in [1.165, 1.54) is 0 Å². The molecule has 1 aromatic carbocycles. The highest BCUT2D eigenvalue weighted by Gasteiger charge is 2.23. The Kier molecular flexibility index (Phi) is 5.44. The number of carbonyl (C=O) groups excluding carboxylic acids is 1. The van der Waals surface area contributed by atoms with Crippen molar-refractivity contribution in [1.82, 2.24) is 15.3 Å². The molecule has 2 aromatic heterocycles. The maximum absolute atomic E-state index is 12.4. The van der Waals surface area contributed by atoms with Gasteiger partial charge < -0.3 is 10.6 Å². The standard InChI is InChI=1S/C22H23ClN4O/c1-14-2-3-15(13-25-14)22(28)27-18-7-5-17(6-8-18)26-20-10-11-24-21-12-16(23)4-9-19(20)21/h2-4,9-13,17-18H,5-8H2,1H3,(H,24,26)(H,27,28). The lowest BCUT2D eigenvalue weighted by molar-refractivity contribution is 0.0926. The zero-order valence-corrected chi connectivity index (χ0v) is 16.5. The number of aryl methyl sites for hydroxylation is 1. The van der Waals surface area contributed by atoms with Crippen LogP contribution in [0.4, 0.5) is 5.69 Å². The van der Waals surface area contributed by atoms with Gasteiger partial charge in [-0.2, -0.15) is 0 Å². The lowest BCUT2D eigenvalue weighted by atomic mass is 9.90.